The molecule has 0 aliphatic rings. The molecular weight excluding hydrogens is 396 g/mol. The van der Waals surface area contributed by atoms with E-state index in [1.807, 2.05) is 12.1 Å². The predicted molar refractivity (Wildman–Crippen MR) is 123 cm³/mol. The van der Waals surface area contributed by atoms with Crippen molar-refractivity contribution in [1.29, 1.82) is 0 Å². The van der Waals surface area contributed by atoms with Gasteiger partial charge in [0, 0.05) is 17.0 Å². The lowest BCUT2D eigenvalue weighted by Gasteiger charge is -2.10. The van der Waals surface area contributed by atoms with Crippen LogP contribution in [0, 0.1) is 6.92 Å². The van der Waals surface area contributed by atoms with Gasteiger partial charge in [0.2, 0.25) is 5.91 Å². The van der Waals surface area contributed by atoms with Gasteiger partial charge in [-0.2, -0.15) is 0 Å². The number of carbonyl (C=O) groups excluding carboxylic acids is 2. The van der Waals surface area contributed by atoms with Crippen molar-refractivity contribution in [1.82, 2.24) is 0 Å². The lowest BCUT2D eigenvalue weighted by molar-refractivity contribution is -0.113. The van der Waals surface area contributed by atoms with Gasteiger partial charge in [0.1, 0.15) is 5.75 Å². The molecule has 0 unspecified atom stereocenters. The third-order valence-corrected chi connectivity index (χ3v) is 5.41. The first kappa shape index (κ1) is 21.5. The Labute approximate surface area is 180 Å². The smallest absolute Gasteiger partial charge is 0.255 e. The van der Waals surface area contributed by atoms with Gasteiger partial charge in [-0.1, -0.05) is 42.0 Å². The highest BCUT2D eigenvalue weighted by Crippen LogP contribution is 2.24. The van der Waals surface area contributed by atoms with Crippen molar-refractivity contribution >= 4 is 35.0 Å². The molecule has 0 heterocycles. The summed E-state index contributed by atoms with van der Waals surface area (Å²) in [5.41, 5.74) is 4.18. The Kier molecular flexibility index (Phi) is 7.51. The van der Waals surface area contributed by atoms with Crippen molar-refractivity contribution in [3.8, 4) is 5.75 Å². The first-order valence-electron chi connectivity index (χ1n) is 9.53. The second-order valence-electron chi connectivity index (χ2n) is 6.76. The van der Waals surface area contributed by atoms with Crippen molar-refractivity contribution < 1.29 is 14.3 Å². The zero-order valence-electron chi connectivity index (χ0n) is 17.0. The molecule has 0 spiro atoms. The third kappa shape index (κ3) is 6.12. The number of anilines is 2. The zero-order chi connectivity index (χ0) is 21.3. The van der Waals surface area contributed by atoms with Crippen LogP contribution in [-0.2, 0) is 10.5 Å². The van der Waals surface area contributed by atoms with E-state index in [1.165, 1.54) is 11.1 Å². The minimum atomic E-state index is -0.244. The maximum Gasteiger partial charge on any atom is 0.255 e. The Morgan fingerprint density at radius 3 is 2.30 bits per heavy atom. The molecule has 5 nitrogen and oxygen atoms in total. The van der Waals surface area contributed by atoms with Crippen LogP contribution in [0.5, 0.6) is 5.75 Å². The summed E-state index contributed by atoms with van der Waals surface area (Å²) in [4.78, 5) is 24.6. The molecule has 3 aromatic rings. The van der Waals surface area contributed by atoms with Gasteiger partial charge >= 0.3 is 0 Å². The molecule has 0 aliphatic carbocycles. The van der Waals surface area contributed by atoms with Gasteiger partial charge in [-0.15, -0.1) is 11.8 Å². The molecule has 3 aromatic carbocycles. The highest BCUT2D eigenvalue weighted by molar-refractivity contribution is 7.99. The second kappa shape index (κ2) is 10.5. The largest absolute Gasteiger partial charge is 0.495 e. The van der Waals surface area contributed by atoms with Crippen molar-refractivity contribution in [2.75, 3.05) is 23.5 Å². The second-order valence-corrected chi connectivity index (χ2v) is 7.74. The van der Waals surface area contributed by atoms with Crippen molar-refractivity contribution in [2.24, 2.45) is 0 Å². The molecule has 0 atom stereocenters. The fraction of sp³-hybridized carbons (Fsp3) is 0.167. The summed E-state index contributed by atoms with van der Waals surface area (Å²) in [6.07, 6.45) is 0. The molecule has 0 saturated heterocycles. The lowest BCUT2D eigenvalue weighted by atomic mass is 10.2. The molecule has 0 aromatic heterocycles. The average Bonchev–Trinajstić information content (AvgIpc) is 2.76. The molecule has 6 heteroatoms. The van der Waals surface area contributed by atoms with E-state index in [1.54, 1.807) is 55.3 Å². The first-order chi connectivity index (χ1) is 14.5. The van der Waals surface area contributed by atoms with E-state index < -0.39 is 0 Å². The molecule has 0 fully saturated rings. The van der Waals surface area contributed by atoms with Crippen LogP contribution >= 0.6 is 11.8 Å². The van der Waals surface area contributed by atoms with Crippen LogP contribution in [0.3, 0.4) is 0 Å². The summed E-state index contributed by atoms with van der Waals surface area (Å²) < 4.78 is 5.25. The molecule has 154 valence electrons. The van der Waals surface area contributed by atoms with E-state index in [4.69, 9.17) is 4.74 Å². The van der Waals surface area contributed by atoms with Gasteiger partial charge in [-0.25, -0.2) is 0 Å². The zero-order valence-corrected chi connectivity index (χ0v) is 17.8. The highest BCUT2D eigenvalue weighted by Gasteiger charge is 2.10. The van der Waals surface area contributed by atoms with Gasteiger partial charge < -0.3 is 15.4 Å². The Bertz CT molecular complexity index is 1000. The van der Waals surface area contributed by atoms with E-state index in [0.717, 1.165) is 5.75 Å². The molecule has 0 saturated carbocycles. The number of para-hydroxylation sites is 2. The van der Waals surface area contributed by atoms with Crippen LogP contribution in [0.15, 0.2) is 72.8 Å². The van der Waals surface area contributed by atoms with Crippen LogP contribution in [0.25, 0.3) is 0 Å². The summed E-state index contributed by atoms with van der Waals surface area (Å²) >= 11 is 1.56. The minimum absolute atomic E-state index is 0.0710. The van der Waals surface area contributed by atoms with E-state index in [0.29, 0.717) is 28.4 Å². The maximum atomic E-state index is 12.5. The number of aryl methyl sites for hydroxylation is 1. The van der Waals surface area contributed by atoms with E-state index in [-0.39, 0.29) is 11.8 Å². The van der Waals surface area contributed by atoms with Gasteiger partial charge in [0.15, 0.2) is 0 Å². The van der Waals surface area contributed by atoms with Crippen molar-refractivity contribution in [3.05, 3.63) is 89.5 Å². The SMILES string of the molecule is COc1ccccc1NC(=O)c1ccc(NC(=O)CSCc2ccc(C)cc2)cc1. The van der Waals surface area contributed by atoms with Crippen LogP contribution in [0.2, 0.25) is 0 Å². The van der Waals surface area contributed by atoms with Crippen LogP contribution in [-0.4, -0.2) is 24.7 Å². The summed E-state index contributed by atoms with van der Waals surface area (Å²) in [5.74, 6) is 1.43. The third-order valence-electron chi connectivity index (χ3n) is 4.41. The monoisotopic (exact) mass is 420 g/mol. The average molecular weight is 421 g/mol. The highest BCUT2D eigenvalue weighted by atomic mass is 32.2. The van der Waals surface area contributed by atoms with Gasteiger partial charge in [0.05, 0.1) is 18.6 Å². The molecule has 2 amide bonds. The number of hydrogen-bond donors (Lipinski definition) is 2. The van der Waals surface area contributed by atoms with Crippen LogP contribution < -0.4 is 15.4 Å². The number of hydrogen-bond acceptors (Lipinski definition) is 4. The molecule has 0 aliphatic heterocycles. The lowest BCUT2D eigenvalue weighted by Crippen LogP contribution is -2.15. The topological polar surface area (TPSA) is 67.4 Å². The van der Waals surface area contributed by atoms with Gasteiger partial charge in [0.25, 0.3) is 5.91 Å². The number of ether oxygens (including phenoxy) is 1. The molecule has 2 N–H and O–H groups in total. The summed E-state index contributed by atoms with van der Waals surface area (Å²) in [5, 5.41) is 5.69. The standard InChI is InChI=1S/C24H24N2O3S/c1-17-7-9-18(10-8-17)15-30-16-23(27)25-20-13-11-19(12-14-20)24(28)26-21-5-3-4-6-22(21)29-2/h3-14H,15-16H2,1-2H3,(H,25,27)(H,26,28). The Morgan fingerprint density at radius 2 is 1.60 bits per heavy atom. The normalized spacial score (nSPS) is 10.3. The molecule has 30 heavy (non-hydrogen) atoms. The summed E-state index contributed by atoms with van der Waals surface area (Å²) in [6, 6.07) is 22.3. The first-order valence-corrected chi connectivity index (χ1v) is 10.7. The van der Waals surface area contributed by atoms with Crippen LogP contribution in [0.1, 0.15) is 21.5 Å². The number of nitrogens with one attached hydrogen (secondary N) is 2. The van der Waals surface area contributed by atoms with Gasteiger partial charge in [-0.05, 0) is 48.9 Å². The molecule has 0 bridgehead atoms. The number of carbonyl (C=O) groups is 2. The minimum Gasteiger partial charge on any atom is -0.495 e. The molecule has 0 radical (unpaired) electrons. The number of rotatable bonds is 8. The predicted octanol–water partition coefficient (Wildman–Crippen LogP) is 5.13. The van der Waals surface area contributed by atoms with Crippen LogP contribution in [0.4, 0.5) is 11.4 Å². The number of amides is 2. The van der Waals surface area contributed by atoms with Crippen molar-refractivity contribution in [2.45, 2.75) is 12.7 Å². The number of benzene rings is 3. The number of methoxy groups -OCH3 is 1. The summed E-state index contributed by atoms with van der Waals surface area (Å²) in [6.45, 7) is 2.05. The van der Waals surface area contributed by atoms with Gasteiger partial charge in [-0.3, -0.25) is 9.59 Å². The van der Waals surface area contributed by atoms with E-state index in [9.17, 15) is 9.59 Å². The molecule has 3 rings (SSSR count). The number of thioether (sulfide) groups is 1. The fourth-order valence-electron chi connectivity index (χ4n) is 2.79. The maximum absolute atomic E-state index is 12.5. The Hall–Kier alpha value is -3.25. The fourth-order valence-corrected chi connectivity index (χ4v) is 3.58. The Balaban J connectivity index is 1.49. The summed E-state index contributed by atoms with van der Waals surface area (Å²) in [7, 11) is 1.56. The quantitative estimate of drug-likeness (QED) is 0.530. The van der Waals surface area contributed by atoms with Crippen molar-refractivity contribution in [3.63, 3.8) is 0 Å². The van der Waals surface area contributed by atoms with E-state index in [2.05, 4.69) is 41.8 Å². The molecular formula is C24H24N2O3S. The van der Waals surface area contributed by atoms with E-state index >= 15 is 0 Å². The Morgan fingerprint density at radius 1 is 0.900 bits per heavy atom.